The Morgan fingerprint density at radius 3 is 2.53 bits per heavy atom. The van der Waals surface area contributed by atoms with Crippen LogP contribution in [-0.2, 0) is 16.6 Å². The molecule has 0 saturated carbocycles. The summed E-state index contributed by atoms with van der Waals surface area (Å²) in [4.78, 5) is 25.0. The molecule has 1 N–H and O–H groups in total. The number of carbonyl (C=O) groups is 2. The van der Waals surface area contributed by atoms with Crippen LogP contribution in [0.1, 0.15) is 36.3 Å². The number of carboxylic acid groups (broad SMARTS) is 1. The summed E-state index contributed by atoms with van der Waals surface area (Å²) in [6.45, 7) is 6.15. The third kappa shape index (κ3) is 2.01. The van der Waals surface area contributed by atoms with Gasteiger partial charge < -0.3 is 10.0 Å². The summed E-state index contributed by atoms with van der Waals surface area (Å²) in [5.41, 5.74) is 2.59. The molecule has 0 aliphatic carbocycles. The second-order valence-electron chi connectivity index (χ2n) is 4.98. The van der Waals surface area contributed by atoms with Crippen LogP contribution in [0.2, 0.25) is 0 Å². The van der Waals surface area contributed by atoms with Crippen LogP contribution in [0.25, 0.3) is 0 Å². The number of rotatable bonds is 3. The maximum atomic E-state index is 12.0. The minimum Gasteiger partial charge on any atom is -0.481 e. The summed E-state index contributed by atoms with van der Waals surface area (Å²) in [6.07, 6.45) is 0.0710. The lowest BCUT2D eigenvalue weighted by Crippen LogP contribution is -2.31. The molecule has 6 nitrogen and oxygen atoms in total. The maximum absolute atomic E-state index is 12.0. The van der Waals surface area contributed by atoms with E-state index in [1.54, 1.807) is 9.58 Å². The van der Waals surface area contributed by atoms with Crippen LogP contribution in [-0.4, -0.2) is 38.2 Å². The number of aryl methyl sites for hydroxylation is 2. The van der Waals surface area contributed by atoms with Gasteiger partial charge in [-0.15, -0.1) is 0 Å². The van der Waals surface area contributed by atoms with Gasteiger partial charge in [-0.2, -0.15) is 5.10 Å². The summed E-state index contributed by atoms with van der Waals surface area (Å²) < 4.78 is 1.74. The molecule has 1 aromatic rings. The summed E-state index contributed by atoms with van der Waals surface area (Å²) in [5.74, 6) is -1.70. The van der Waals surface area contributed by atoms with Gasteiger partial charge in [0.25, 0.3) is 0 Å². The number of amides is 1. The van der Waals surface area contributed by atoms with E-state index in [2.05, 4.69) is 5.10 Å². The molecule has 0 aromatic carbocycles. The van der Waals surface area contributed by atoms with Gasteiger partial charge in [-0.3, -0.25) is 14.3 Å². The minimum atomic E-state index is -0.919. The Labute approximate surface area is 112 Å². The van der Waals surface area contributed by atoms with Gasteiger partial charge in [0.15, 0.2) is 0 Å². The summed E-state index contributed by atoms with van der Waals surface area (Å²) in [7, 11) is 1.83. The fraction of sp³-hybridized carbons (Fsp3) is 0.615. The molecule has 104 valence electrons. The highest BCUT2D eigenvalue weighted by molar-refractivity contribution is 5.87. The Morgan fingerprint density at radius 1 is 1.47 bits per heavy atom. The van der Waals surface area contributed by atoms with Crippen LogP contribution in [0.3, 0.4) is 0 Å². The molecular weight excluding hydrogens is 246 g/mol. The van der Waals surface area contributed by atoms with Crippen molar-refractivity contribution in [2.45, 2.75) is 33.2 Å². The molecule has 6 heteroatoms. The minimum absolute atomic E-state index is 0.0710. The smallest absolute Gasteiger partial charge is 0.309 e. The Hall–Kier alpha value is -1.85. The lowest BCUT2D eigenvalue weighted by atomic mass is 9.92. The molecule has 1 aromatic heterocycles. The number of carboxylic acids is 1. The number of likely N-dealkylation sites (tertiary alicyclic amines) is 1. The van der Waals surface area contributed by atoms with Crippen molar-refractivity contribution in [2.24, 2.45) is 13.0 Å². The van der Waals surface area contributed by atoms with E-state index in [1.165, 1.54) is 0 Å². The topological polar surface area (TPSA) is 75.4 Å². The predicted octanol–water partition coefficient (Wildman–Crippen LogP) is 1.03. The van der Waals surface area contributed by atoms with Gasteiger partial charge >= 0.3 is 5.97 Å². The third-order valence-corrected chi connectivity index (χ3v) is 3.95. The van der Waals surface area contributed by atoms with Crippen molar-refractivity contribution < 1.29 is 14.7 Å². The molecule has 2 atom stereocenters. The van der Waals surface area contributed by atoms with Gasteiger partial charge in [-0.05, 0) is 20.8 Å². The Kier molecular flexibility index (Phi) is 3.34. The van der Waals surface area contributed by atoms with Crippen molar-refractivity contribution >= 4 is 11.9 Å². The summed E-state index contributed by atoms with van der Waals surface area (Å²) in [6, 6.07) is -0.399. The standard InChI is InChI=1S/C13H19N3O3/c1-5-16-10(17)6-9(13(18)19)12(16)11-7(2)14-15(4)8(11)3/h9,12H,5-6H2,1-4H3,(H,18,19). The molecule has 19 heavy (non-hydrogen) atoms. The highest BCUT2D eigenvalue weighted by atomic mass is 16.4. The van der Waals surface area contributed by atoms with Gasteiger partial charge in [-0.1, -0.05) is 0 Å². The van der Waals surface area contributed by atoms with Gasteiger partial charge in [-0.25, -0.2) is 0 Å². The molecule has 1 aliphatic heterocycles. The van der Waals surface area contributed by atoms with Gasteiger partial charge in [0.2, 0.25) is 5.91 Å². The first kappa shape index (κ1) is 13.6. The number of aromatic nitrogens is 2. The van der Waals surface area contributed by atoms with Crippen LogP contribution < -0.4 is 0 Å². The second-order valence-corrected chi connectivity index (χ2v) is 4.98. The second kappa shape index (κ2) is 4.68. The average molecular weight is 265 g/mol. The fourth-order valence-corrected chi connectivity index (χ4v) is 2.96. The number of hydrogen-bond acceptors (Lipinski definition) is 3. The van der Waals surface area contributed by atoms with E-state index < -0.39 is 17.9 Å². The normalized spacial score (nSPS) is 23.2. The van der Waals surface area contributed by atoms with Crippen LogP contribution >= 0.6 is 0 Å². The number of carbonyl (C=O) groups excluding carboxylic acids is 1. The predicted molar refractivity (Wildman–Crippen MR) is 68.6 cm³/mol. The van der Waals surface area contributed by atoms with E-state index in [-0.39, 0.29) is 12.3 Å². The first-order chi connectivity index (χ1) is 8.88. The fourth-order valence-electron chi connectivity index (χ4n) is 2.96. The van der Waals surface area contributed by atoms with Crippen LogP contribution in [0.5, 0.6) is 0 Å². The first-order valence-electron chi connectivity index (χ1n) is 6.40. The first-order valence-corrected chi connectivity index (χ1v) is 6.40. The highest BCUT2D eigenvalue weighted by Crippen LogP contribution is 2.40. The Morgan fingerprint density at radius 2 is 2.11 bits per heavy atom. The summed E-state index contributed by atoms with van der Waals surface area (Å²) >= 11 is 0. The van der Waals surface area contributed by atoms with Gasteiger partial charge in [0.05, 0.1) is 17.7 Å². The average Bonchev–Trinajstić information content (AvgIpc) is 2.77. The molecule has 2 rings (SSSR count). The zero-order valence-electron chi connectivity index (χ0n) is 11.7. The molecule has 2 heterocycles. The molecule has 1 amide bonds. The lowest BCUT2D eigenvalue weighted by Gasteiger charge is -2.26. The number of hydrogen-bond donors (Lipinski definition) is 1. The summed E-state index contributed by atoms with van der Waals surface area (Å²) in [5, 5.41) is 13.7. The van der Waals surface area contributed by atoms with Crippen molar-refractivity contribution in [3.8, 4) is 0 Å². The van der Waals surface area contributed by atoms with Crippen molar-refractivity contribution in [3.05, 3.63) is 17.0 Å². The van der Waals surface area contributed by atoms with E-state index >= 15 is 0 Å². The molecular formula is C13H19N3O3. The molecule has 1 saturated heterocycles. The lowest BCUT2D eigenvalue weighted by molar-refractivity contribution is -0.142. The Bertz CT molecular complexity index is 535. The molecule has 1 aliphatic rings. The monoisotopic (exact) mass is 265 g/mol. The van der Waals surface area contributed by atoms with Crippen molar-refractivity contribution in [1.29, 1.82) is 0 Å². The maximum Gasteiger partial charge on any atom is 0.309 e. The zero-order chi connectivity index (χ0) is 14.3. The van der Waals surface area contributed by atoms with E-state index in [4.69, 9.17) is 0 Å². The quantitative estimate of drug-likeness (QED) is 0.885. The SMILES string of the molecule is CCN1C(=O)CC(C(=O)O)C1c1c(C)nn(C)c1C. The Balaban J connectivity index is 2.54. The van der Waals surface area contributed by atoms with Crippen LogP contribution in [0.4, 0.5) is 0 Å². The molecule has 0 radical (unpaired) electrons. The van der Waals surface area contributed by atoms with Crippen molar-refractivity contribution in [1.82, 2.24) is 14.7 Å². The van der Waals surface area contributed by atoms with Gasteiger partial charge in [0.1, 0.15) is 0 Å². The van der Waals surface area contributed by atoms with Crippen LogP contribution in [0, 0.1) is 19.8 Å². The number of nitrogens with zero attached hydrogens (tertiary/aromatic N) is 3. The highest BCUT2D eigenvalue weighted by Gasteiger charge is 2.45. The van der Waals surface area contributed by atoms with E-state index in [0.717, 1.165) is 17.0 Å². The third-order valence-electron chi connectivity index (χ3n) is 3.95. The van der Waals surface area contributed by atoms with Crippen molar-refractivity contribution in [3.63, 3.8) is 0 Å². The number of aliphatic carboxylic acids is 1. The van der Waals surface area contributed by atoms with E-state index in [9.17, 15) is 14.7 Å². The molecule has 1 fully saturated rings. The zero-order valence-corrected chi connectivity index (χ0v) is 11.7. The molecule has 0 bridgehead atoms. The van der Waals surface area contributed by atoms with Crippen LogP contribution in [0.15, 0.2) is 0 Å². The molecule has 0 spiro atoms. The van der Waals surface area contributed by atoms with E-state index in [1.807, 2.05) is 27.8 Å². The largest absolute Gasteiger partial charge is 0.481 e. The molecule has 2 unspecified atom stereocenters. The van der Waals surface area contributed by atoms with Crippen molar-refractivity contribution in [2.75, 3.05) is 6.54 Å². The van der Waals surface area contributed by atoms with Gasteiger partial charge in [0, 0.05) is 31.3 Å². The van der Waals surface area contributed by atoms with E-state index in [0.29, 0.717) is 6.54 Å².